The van der Waals surface area contributed by atoms with Gasteiger partial charge in [-0.1, -0.05) is 42.5 Å². The van der Waals surface area contributed by atoms with Gasteiger partial charge in [0.2, 0.25) is 0 Å². The summed E-state index contributed by atoms with van der Waals surface area (Å²) in [4.78, 5) is 0. The Morgan fingerprint density at radius 3 is 2.33 bits per heavy atom. The maximum absolute atomic E-state index is 13.7. The fraction of sp³-hybridized carbons (Fsp3) is 0.200. The lowest BCUT2D eigenvalue weighted by Gasteiger charge is -2.26. The average molecular weight is 247 g/mol. The molecular formula is C15H15F2N. The largest absolute Gasteiger partial charge is 0.321 e. The highest BCUT2D eigenvalue weighted by molar-refractivity contribution is 5.29. The van der Waals surface area contributed by atoms with Gasteiger partial charge in [-0.3, -0.25) is 0 Å². The minimum absolute atomic E-state index is 0.200. The first kappa shape index (κ1) is 12.7. The summed E-state index contributed by atoms with van der Waals surface area (Å²) in [5.74, 6) is -1.73. The van der Waals surface area contributed by atoms with Gasteiger partial charge in [-0.25, -0.2) is 8.78 Å². The van der Waals surface area contributed by atoms with E-state index in [1.54, 1.807) is 6.92 Å². The summed E-state index contributed by atoms with van der Waals surface area (Å²) in [5.41, 5.74) is 6.39. The molecule has 18 heavy (non-hydrogen) atoms. The molecule has 0 saturated heterocycles. The second-order valence-electron chi connectivity index (χ2n) is 4.68. The molecule has 1 atom stereocenters. The van der Waals surface area contributed by atoms with E-state index in [4.69, 9.17) is 5.73 Å². The lowest BCUT2D eigenvalue weighted by Crippen LogP contribution is -2.36. The molecule has 94 valence electrons. The third kappa shape index (κ3) is 2.57. The molecule has 1 nitrogen and oxygen atoms in total. The maximum atomic E-state index is 13.7. The first-order valence-electron chi connectivity index (χ1n) is 5.78. The molecule has 0 aliphatic rings. The zero-order valence-corrected chi connectivity index (χ0v) is 10.2. The van der Waals surface area contributed by atoms with Crippen LogP contribution in [0.4, 0.5) is 8.78 Å². The molecule has 0 saturated carbocycles. The van der Waals surface area contributed by atoms with Crippen LogP contribution in [0, 0.1) is 11.6 Å². The molecule has 0 aromatic heterocycles. The topological polar surface area (TPSA) is 26.0 Å². The van der Waals surface area contributed by atoms with Crippen molar-refractivity contribution in [3.8, 4) is 0 Å². The van der Waals surface area contributed by atoms with Crippen LogP contribution in [-0.2, 0) is 12.0 Å². The van der Waals surface area contributed by atoms with E-state index in [1.807, 2.05) is 30.3 Å². The van der Waals surface area contributed by atoms with Crippen LogP contribution in [0.1, 0.15) is 18.1 Å². The normalized spacial score (nSPS) is 14.2. The van der Waals surface area contributed by atoms with E-state index in [9.17, 15) is 8.78 Å². The highest BCUT2D eigenvalue weighted by Crippen LogP contribution is 2.26. The summed E-state index contributed by atoms with van der Waals surface area (Å²) >= 11 is 0. The van der Waals surface area contributed by atoms with Crippen LogP contribution in [0.25, 0.3) is 0 Å². The molecule has 0 spiro atoms. The Balaban J connectivity index is 2.33. The molecule has 2 N–H and O–H groups in total. The maximum Gasteiger partial charge on any atom is 0.163 e. The van der Waals surface area contributed by atoms with Gasteiger partial charge in [0.05, 0.1) is 0 Å². The number of rotatable bonds is 3. The molecule has 0 fully saturated rings. The van der Waals surface area contributed by atoms with Gasteiger partial charge in [0.1, 0.15) is 0 Å². The monoisotopic (exact) mass is 247 g/mol. The number of hydrogen-bond donors (Lipinski definition) is 1. The second-order valence-corrected chi connectivity index (χ2v) is 4.68. The van der Waals surface area contributed by atoms with E-state index in [2.05, 4.69) is 0 Å². The molecular weight excluding hydrogens is 232 g/mol. The summed E-state index contributed by atoms with van der Waals surface area (Å²) in [7, 11) is 0. The Bertz CT molecular complexity index is 535. The molecule has 1 unspecified atom stereocenters. The van der Waals surface area contributed by atoms with E-state index in [0.717, 1.165) is 11.6 Å². The first-order chi connectivity index (χ1) is 8.50. The Hall–Kier alpha value is -1.74. The number of benzene rings is 2. The quantitative estimate of drug-likeness (QED) is 0.884. The minimum atomic E-state index is -0.937. The van der Waals surface area contributed by atoms with Crippen LogP contribution in [0.2, 0.25) is 0 Å². The fourth-order valence-corrected chi connectivity index (χ4v) is 2.06. The summed E-state index contributed by atoms with van der Waals surface area (Å²) in [6.07, 6.45) is 0.453. The summed E-state index contributed by atoms with van der Waals surface area (Å²) in [6, 6.07) is 13.6. The Kier molecular flexibility index (Phi) is 3.43. The summed E-state index contributed by atoms with van der Waals surface area (Å²) in [5, 5.41) is 0. The van der Waals surface area contributed by atoms with Gasteiger partial charge < -0.3 is 5.73 Å². The van der Waals surface area contributed by atoms with Crippen LogP contribution in [0.3, 0.4) is 0 Å². The zero-order valence-electron chi connectivity index (χ0n) is 10.2. The minimum Gasteiger partial charge on any atom is -0.321 e. The number of halogens is 2. The lowest BCUT2D eigenvalue weighted by molar-refractivity contribution is 0.429. The molecule has 2 aromatic carbocycles. The van der Waals surface area contributed by atoms with Crippen LogP contribution >= 0.6 is 0 Å². The van der Waals surface area contributed by atoms with Gasteiger partial charge in [-0.05, 0) is 25.0 Å². The summed E-state index contributed by atoms with van der Waals surface area (Å²) in [6.45, 7) is 1.71. The van der Waals surface area contributed by atoms with Crippen molar-refractivity contribution in [1.82, 2.24) is 0 Å². The molecule has 0 bridgehead atoms. The van der Waals surface area contributed by atoms with E-state index in [-0.39, 0.29) is 5.56 Å². The Morgan fingerprint density at radius 1 is 1.00 bits per heavy atom. The van der Waals surface area contributed by atoms with Gasteiger partial charge in [0, 0.05) is 11.1 Å². The van der Waals surface area contributed by atoms with Crippen LogP contribution in [-0.4, -0.2) is 0 Å². The van der Waals surface area contributed by atoms with Crippen molar-refractivity contribution in [1.29, 1.82) is 0 Å². The Labute approximate surface area is 105 Å². The molecule has 2 aromatic rings. The zero-order chi connectivity index (χ0) is 13.2. The fourth-order valence-electron chi connectivity index (χ4n) is 2.06. The average Bonchev–Trinajstić information content (AvgIpc) is 2.33. The predicted molar refractivity (Wildman–Crippen MR) is 68.0 cm³/mol. The van der Waals surface area contributed by atoms with Crippen molar-refractivity contribution in [3.05, 3.63) is 71.3 Å². The van der Waals surface area contributed by atoms with Gasteiger partial charge in [-0.2, -0.15) is 0 Å². The van der Waals surface area contributed by atoms with E-state index >= 15 is 0 Å². The van der Waals surface area contributed by atoms with Gasteiger partial charge >= 0.3 is 0 Å². The molecule has 2 rings (SSSR count). The van der Waals surface area contributed by atoms with Gasteiger partial charge in [0.15, 0.2) is 11.6 Å². The van der Waals surface area contributed by atoms with E-state index < -0.39 is 17.2 Å². The highest BCUT2D eigenvalue weighted by Gasteiger charge is 2.26. The first-order valence-corrected chi connectivity index (χ1v) is 5.78. The summed E-state index contributed by atoms with van der Waals surface area (Å²) < 4.78 is 27.0. The predicted octanol–water partition coefficient (Wildman–Crippen LogP) is 3.38. The Morgan fingerprint density at radius 2 is 1.67 bits per heavy atom. The van der Waals surface area contributed by atoms with Crippen molar-refractivity contribution in [2.24, 2.45) is 5.73 Å². The second kappa shape index (κ2) is 4.86. The molecule has 0 heterocycles. The highest BCUT2D eigenvalue weighted by atomic mass is 19.2. The van der Waals surface area contributed by atoms with Crippen molar-refractivity contribution in [2.45, 2.75) is 18.9 Å². The lowest BCUT2D eigenvalue weighted by atomic mass is 9.86. The van der Waals surface area contributed by atoms with Crippen molar-refractivity contribution in [2.75, 3.05) is 0 Å². The molecule has 3 heteroatoms. The number of nitrogens with two attached hydrogens (primary N) is 1. The van der Waals surface area contributed by atoms with Crippen LogP contribution < -0.4 is 5.73 Å². The van der Waals surface area contributed by atoms with Crippen molar-refractivity contribution < 1.29 is 8.78 Å². The molecule has 0 radical (unpaired) electrons. The smallest absolute Gasteiger partial charge is 0.163 e. The van der Waals surface area contributed by atoms with Gasteiger partial charge in [0.25, 0.3) is 0 Å². The number of hydrogen-bond acceptors (Lipinski definition) is 1. The van der Waals surface area contributed by atoms with E-state index in [1.165, 1.54) is 12.1 Å². The van der Waals surface area contributed by atoms with Crippen molar-refractivity contribution >= 4 is 0 Å². The van der Waals surface area contributed by atoms with Crippen molar-refractivity contribution in [3.63, 3.8) is 0 Å². The standard InChI is InChI=1S/C15H15F2N/c1-15(18,10-11-6-3-2-4-7-11)12-8-5-9-13(16)14(12)17/h2-9H,10,18H2,1H3. The molecule has 0 aliphatic carbocycles. The van der Waals surface area contributed by atoms with Crippen LogP contribution in [0.15, 0.2) is 48.5 Å². The van der Waals surface area contributed by atoms with E-state index in [0.29, 0.717) is 6.42 Å². The SMILES string of the molecule is CC(N)(Cc1ccccc1)c1cccc(F)c1F. The molecule has 0 amide bonds. The molecule has 0 aliphatic heterocycles. The third-order valence-electron chi connectivity index (χ3n) is 2.98. The van der Waals surface area contributed by atoms with Crippen LogP contribution in [0.5, 0.6) is 0 Å². The third-order valence-corrected chi connectivity index (χ3v) is 2.98. The van der Waals surface area contributed by atoms with Gasteiger partial charge in [-0.15, -0.1) is 0 Å².